The first-order valence-electron chi connectivity index (χ1n) is 8.39. The first-order chi connectivity index (χ1) is 10.7. The Bertz CT molecular complexity index is 526. The number of para-hydroxylation sites is 1. The van der Waals surface area contributed by atoms with Gasteiger partial charge < -0.3 is 15.0 Å². The number of carbonyl (C=O) groups excluding carboxylic acids is 1. The van der Waals surface area contributed by atoms with E-state index in [1.54, 1.807) is 0 Å². The molecule has 1 unspecified atom stereocenters. The molecule has 0 radical (unpaired) electrons. The number of hydrogen-bond donors (Lipinski definition) is 1. The summed E-state index contributed by atoms with van der Waals surface area (Å²) in [6.45, 7) is 8.38. The van der Waals surface area contributed by atoms with Crippen molar-refractivity contribution in [3.8, 4) is 5.75 Å². The fraction of sp³-hybridized carbons (Fsp3) is 0.611. The molecule has 1 N–H and O–H groups in total. The van der Waals surface area contributed by atoms with Crippen molar-refractivity contribution >= 4 is 18.3 Å². The van der Waals surface area contributed by atoms with Crippen LogP contribution in [0.25, 0.3) is 0 Å². The van der Waals surface area contributed by atoms with Crippen LogP contribution in [0.15, 0.2) is 24.3 Å². The van der Waals surface area contributed by atoms with Crippen LogP contribution in [-0.4, -0.2) is 43.6 Å². The maximum Gasteiger partial charge on any atom is 0.260 e. The molecule has 4 nitrogen and oxygen atoms in total. The van der Waals surface area contributed by atoms with Crippen molar-refractivity contribution in [2.24, 2.45) is 11.8 Å². The molecule has 2 aliphatic heterocycles. The highest BCUT2D eigenvalue weighted by Gasteiger charge is 2.38. The molecule has 0 aliphatic carbocycles. The zero-order valence-electron chi connectivity index (χ0n) is 14.0. The van der Waals surface area contributed by atoms with E-state index in [1.807, 2.05) is 23.1 Å². The van der Waals surface area contributed by atoms with Gasteiger partial charge in [-0.2, -0.15) is 0 Å². The van der Waals surface area contributed by atoms with Crippen molar-refractivity contribution in [1.29, 1.82) is 0 Å². The molecule has 3 rings (SSSR count). The minimum atomic E-state index is 0. The lowest BCUT2D eigenvalue weighted by Gasteiger charge is -2.19. The van der Waals surface area contributed by atoms with Crippen molar-refractivity contribution in [3.63, 3.8) is 0 Å². The van der Waals surface area contributed by atoms with Gasteiger partial charge in [0.2, 0.25) is 0 Å². The lowest BCUT2D eigenvalue weighted by atomic mass is 9.98. The number of ether oxygens (including phenoxy) is 1. The second-order valence-electron chi connectivity index (χ2n) is 6.61. The van der Waals surface area contributed by atoms with Gasteiger partial charge in [-0.25, -0.2) is 0 Å². The normalized spacial score (nSPS) is 24.0. The predicted molar refractivity (Wildman–Crippen MR) is 94.3 cm³/mol. The number of nitrogens with zero attached hydrogens (tertiary/aromatic N) is 1. The summed E-state index contributed by atoms with van der Waals surface area (Å²) in [5.74, 6) is 2.69. The highest BCUT2D eigenvalue weighted by Crippen LogP contribution is 2.29. The van der Waals surface area contributed by atoms with Crippen molar-refractivity contribution < 1.29 is 9.53 Å². The molecule has 0 saturated carbocycles. The van der Waals surface area contributed by atoms with Gasteiger partial charge in [0.15, 0.2) is 6.61 Å². The number of benzene rings is 1. The molecule has 1 aromatic rings. The summed E-state index contributed by atoms with van der Waals surface area (Å²) < 4.78 is 5.85. The average molecular weight is 339 g/mol. The molecule has 0 bridgehead atoms. The van der Waals surface area contributed by atoms with Gasteiger partial charge in [0.25, 0.3) is 5.91 Å². The Hall–Kier alpha value is -1.26. The Kier molecular flexibility index (Phi) is 6.31. The molecule has 1 aromatic carbocycles. The van der Waals surface area contributed by atoms with Gasteiger partial charge >= 0.3 is 0 Å². The van der Waals surface area contributed by atoms with Gasteiger partial charge in [0.1, 0.15) is 5.75 Å². The van der Waals surface area contributed by atoms with Gasteiger partial charge in [-0.3, -0.25) is 4.79 Å². The number of hydrogen-bond acceptors (Lipinski definition) is 3. The quantitative estimate of drug-likeness (QED) is 0.897. The fourth-order valence-corrected chi connectivity index (χ4v) is 3.53. The van der Waals surface area contributed by atoms with Crippen molar-refractivity contribution in [2.75, 3.05) is 32.8 Å². The second-order valence-corrected chi connectivity index (χ2v) is 6.61. The van der Waals surface area contributed by atoms with Crippen LogP contribution < -0.4 is 10.1 Å². The lowest BCUT2D eigenvalue weighted by molar-refractivity contribution is -0.132. The summed E-state index contributed by atoms with van der Waals surface area (Å²) in [6.07, 6.45) is 1.07. The number of halogens is 1. The van der Waals surface area contributed by atoms with E-state index in [-0.39, 0.29) is 24.9 Å². The third-order valence-electron chi connectivity index (χ3n) is 5.16. The van der Waals surface area contributed by atoms with Gasteiger partial charge in [-0.05, 0) is 35.8 Å². The minimum Gasteiger partial charge on any atom is -0.483 e. The Labute approximate surface area is 145 Å². The van der Waals surface area contributed by atoms with E-state index in [0.717, 1.165) is 38.3 Å². The van der Waals surface area contributed by atoms with Crippen LogP contribution in [0.3, 0.4) is 0 Å². The van der Waals surface area contributed by atoms with E-state index in [4.69, 9.17) is 4.74 Å². The standard InChI is InChI=1S/C18H26N2O2.ClH/c1-3-13(2)16-6-4-5-7-17(16)22-12-18(21)20-10-14-8-19-9-15(14)11-20;/h4-7,13-15,19H,3,8-12H2,1-2H3;1H/t13?,14-,15+;. The maximum absolute atomic E-state index is 12.4. The van der Waals surface area contributed by atoms with Gasteiger partial charge in [-0.15, -0.1) is 12.4 Å². The molecular formula is C18H27ClN2O2. The van der Waals surface area contributed by atoms with Crippen LogP contribution in [0.1, 0.15) is 31.7 Å². The van der Waals surface area contributed by atoms with Crippen molar-refractivity contribution in [1.82, 2.24) is 10.2 Å². The van der Waals surface area contributed by atoms with E-state index in [1.165, 1.54) is 5.56 Å². The van der Waals surface area contributed by atoms with Crippen LogP contribution in [0.5, 0.6) is 5.75 Å². The number of nitrogens with one attached hydrogen (secondary N) is 1. The SMILES string of the molecule is CCC(C)c1ccccc1OCC(=O)N1C[C@H]2CNC[C@H]2C1.Cl. The molecule has 5 heteroatoms. The fourth-order valence-electron chi connectivity index (χ4n) is 3.53. The molecule has 2 heterocycles. The first-order valence-corrected chi connectivity index (χ1v) is 8.39. The largest absolute Gasteiger partial charge is 0.483 e. The summed E-state index contributed by atoms with van der Waals surface area (Å²) in [7, 11) is 0. The molecule has 1 amide bonds. The second kappa shape index (κ2) is 8.02. The van der Waals surface area contributed by atoms with Crippen LogP contribution >= 0.6 is 12.4 Å². The van der Waals surface area contributed by atoms with Gasteiger partial charge in [0.05, 0.1) is 0 Å². The highest BCUT2D eigenvalue weighted by atomic mass is 35.5. The molecule has 2 aliphatic rings. The molecule has 0 spiro atoms. The molecule has 128 valence electrons. The molecule has 2 fully saturated rings. The first kappa shape index (κ1) is 18.1. The molecule has 0 aromatic heterocycles. The van der Waals surface area contributed by atoms with Crippen LogP contribution in [0.4, 0.5) is 0 Å². The van der Waals surface area contributed by atoms with E-state index in [0.29, 0.717) is 17.8 Å². The van der Waals surface area contributed by atoms with E-state index in [9.17, 15) is 4.79 Å². The number of fused-ring (bicyclic) bond motifs is 1. The average Bonchev–Trinajstić information content (AvgIpc) is 3.13. The van der Waals surface area contributed by atoms with E-state index >= 15 is 0 Å². The lowest BCUT2D eigenvalue weighted by Crippen LogP contribution is -2.35. The van der Waals surface area contributed by atoms with E-state index in [2.05, 4.69) is 25.2 Å². The Morgan fingerprint density at radius 3 is 2.61 bits per heavy atom. The van der Waals surface area contributed by atoms with Gasteiger partial charge in [-0.1, -0.05) is 32.0 Å². The highest BCUT2D eigenvalue weighted by molar-refractivity contribution is 5.85. The summed E-state index contributed by atoms with van der Waals surface area (Å²) >= 11 is 0. The maximum atomic E-state index is 12.4. The topological polar surface area (TPSA) is 41.6 Å². The van der Waals surface area contributed by atoms with Gasteiger partial charge in [0, 0.05) is 26.2 Å². The summed E-state index contributed by atoms with van der Waals surface area (Å²) in [5, 5.41) is 3.40. The number of rotatable bonds is 5. The Morgan fingerprint density at radius 1 is 1.30 bits per heavy atom. The summed E-state index contributed by atoms with van der Waals surface area (Å²) in [5.41, 5.74) is 1.19. The third kappa shape index (κ3) is 3.99. The Balaban J connectivity index is 0.00000192. The van der Waals surface area contributed by atoms with E-state index < -0.39 is 0 Å². The summed E-state index contributed by atoms with van der Waals surface area (Å²) in [4.78, 5) is 14.4. The molecule has 3 atom stereocenters. The van der Waals surface area contributed by atoms with Crippen molar-refractivity contribution in [3.05, 3.63) is 29.8 Å². The third-order valence-corrected chi connectivity index (χ3v) is 5.16. The smallest absolute Gasteiger partial charge is 0.260 e. The van der Waals surface area contributed by atoms with Crippen LogP contribution in [-0.2, 0) is 4.79 Å². The monoisotopic (exact) mass is 338 g/mol. The number of carbonyl (C=O) groups is 1. The number of amides is 1. The number of likely N-dealkylation sites (tertiary alicyclic amines) is 1. The minimum absolute atomic E-state index is 0. The van der Waals surface area contributed by atoms with Crippen LogP contribution in [0.2, 0.25) is 0 Å². The summed E-state index contributed by atoms with van der Waals surface area (Å²) in [6, 6.07) is 8.07. The predicted octanol–water partition coefficient (Wildman–Crippen LogP) is 2.68. The molecule has 23 heavy (non-hydrogen) atoms. The zero-order chi connectivity index (χ0) is 15.5. The van der Waals surface area contributed by atoms with Crippen LogP contribution in [0, 0.1) is 11.8 Å². The Morgan fingerprint density at radius 2 is 1.96 bits per heavy atom. The molecular weight excluding hydrogens is 312 g/mol. The zero-order valence-corrected chi connectivity index (χ0v) is 14.8. The molecule has 2 saturated heterocycles. The van der Waals surface area contributed by atoms with Crippen molar-refractivity contribution in [2.45, 2.75) is 26.2 Å².